The molecule has 1 aliphatic carbocycles. The van der Waals surface area contributed by atoms with Gasteiger partial charge in [0.15, 0.2) is 0 Å². The molecule has 3 N–H and O–H groups in total. The smallest absolute Gasteiger partial charge is 0.227 e. The van der Waals surface area contributed by atoms with E-state index in [1.807, 2.05) is 0 Å². The summed E-state index contributed by atoms with van der Waals surface area (Å²) in [4.78, 5) is 12.2. The first kappa shape index (κ1) is 13.0. The number of hydrogen-bond donors (Lipinski definition) is 2. The van der Waals surface area contributed by atoms with E-state index in [4.69, 9.17) is 5.73 Å². The Bertz CT molecular complexity index is 428. The molecule has 98 valence electrons. The predicted molar refractivity (Wildman–Crippen MR) is 68.2 cm³/mol. The van der Waals surface area contributed by atoms with Gasteiger partial charge in [-0.15, -0.1) is 0 Å². The number of rotatable bonds is 4. The quantitative estimate of drug-likeness (QED) is 0.858. The lowest BCUT2D eigenvalue weighted by molar-refractivity contribution is -0.130. The van der Waals surface area contributed by atoms with Crippen molar-refractivity contribution in [2.75, 3.05) is 6.54 Å². The average Bonchev–Trinajstić information content (AvgIpc) is 2.86. The number of amides is 1. The van der Waals surface area contributed by atoms with Crippen LogP contribution in [0.2, 0.25) is 0 Å². The molecule has 1 aliphatic rings. The summed E-state index contributed by atoms with van der Waals surface area (Å²) in [6.45, 7) is 0.750. The molecule has 18 heavy (non-hydrogen) atoms. The summed E-state index contributed by atoms with van der Waals surface area (Å²) < 4.78 is 13.0. The van der Waals surface area contributed by atoms with Gasteiger partial charge in [0.1, 0.15) is 5.82 Å². The van der Waals surface area contributed by atoms with Gasteiger partial charge in [-0.05, 0) is 30.5 Å². The lowest BCUT2D eigenvalue weighted by Gasteiger charge is -2.25. The van der Waals surface area contributed by atoms with E-state index in [2.05, 4.69) is 5.32 Å². The van der Waals surface area contributed by atoms with Gasteiger partial charge in [0.2, 0.25) is 5.91 Å². The third-order valence-corrected chi connectivity index (χ3v) is 3.78. The molecule has 1 saturated carbocycles. The van der Waals surface area contributed by atoms with Crippen molar-refractivity contribution in [3.63, 3.8) is 0 Å². The lowest BCUT2D eigenvalue weighted by atomic mass is 9.85. The summed E-state index contributed by atoms with van der Waals surface area (Å²) in [7, 11) is 0. The van der Waals surface area contributed by atoms with Crippen LogP contribution in [-0.2, 0) is 11.3 Å². The van der Waals surface area contributed by atoms with Crippen LogP contribution in [-0.4, -0.2) is 12.5 Å². The molecule has 0 aliphatic heterocycles. The molecule has 4 heteroatoms. The molecule has 1 aromatic rings. The fourth-order valence-corrected chi connectivity index (χ4v) is 2.59. The molecule has 0 aromatic heterocycles. The van der Waals surface area contributed by atoms with Crippen LogP contribution in [0, 0.1) is 11.2 Å². The highest BCUT2D eigenvalue weighted by Gasteiger charge is 2.39. The van der Waals surface area contributed by atoms with Gasteiger partial charge in [-0.2, -0.15) is 0 Å². The van der Waals surface area contributed by atoms with Gasteiger partial charge >= 0.3 is 0 Å². The van der Waals surface area contributed by atoms with Crippen LogP contribution in [0.5, 0.6) is 0 Å². The van der Waals surface area contributed by atoms with Crippen molar-refractivity contribution in [1.29, 1.82) is 0 Å². The summed E-state index contributed by atoms with van der Waals surface area (Å²) in [6, 6.07) is 6.27. The Balaban J connectivity index is 1.95. The highest BCUT2D eigenvalue weighted by molar-refractivity contribution is 5.83. The molecule has 0 unspecified atom stereocenters. The van der Waals surface area contributed by atoms with E-state index in [1.165, 1.54) is 12.1 Å². The van der Waals surface area contributed by atoms with Gasteiger partial charge in [0.05, 0.1) is 5.41 Å². The zero-order chi connectivity index (χ0) is 13.0. The van der Waals surface area contributed by atoms with E-state index in [0.717, 1.165) is 31.2 Å². The first-order chi connectivity index (χ1) is 8.66. The standard InChI is InChI=1S/C14H19FN2O/c15-12-5-3-4-11(8-12)9-17-13(18)14(10-16)6-1-2-7-14/h3-5,8H,1-2,6-7,9-10,16H2,(H,17,18). The molecular formula is C14H19FN2O. The van der Waals surface area contributed by atoms with Gasteiger partial charge in [0, 0.05) is 13.1 Å². The first-order valence-corrected chi connectivity index (χ1v) is 6.39. The monoisotopic (exact) mass is 250 g/mol. The van der Waals surface area contributed by atoms with Crippen LogP contribution >= 0.6 is 0 Å². The zero-order valence-corrected chi connectivity index (χ0v) is 10.4. The summed E-state index contributed by atoms with van der Waals surface area (Å²) >= 11 is 0. The molecule has 0 spiro atoms. The Morgan fingerprint density at radius 2 is 2.11 bits per heavy atom. The van der Waals surface area contributed by atoms with Crippen LogP contribution in [0.25, 0.3) is 0 Å². The number of carbonyl (C=O) groups is 1. The minimum absolute atomic E-state index is 0.00626. The third kappa shape index (κ3) is 2.70. The maximum atomic E-state index is 13.0. The second-order valence-electron chi connectivity index (χ2n) is 5.00. The number of hydrogen-bond acceptors (Lipinski definition) is 2. The van der Waals surface area contributed by atoms with Gasteiger partial charge in [-0.1, -0.05) is 25.0 Å². The molecule has 0 bridgehead atoms. The Morgan fingerprint density at radius 1 is 1.39 bits per heavy atom. The molecule has 2 rings (SSSR count). The fourth-order valence-electron chi connectivity index (χ4n) is 2.59. The lowest BCUT2D eigenvalue weighted by Crippen LogP contribution is -2.43. The number of benzene rings is 1. The van der Waals surface area contributed by atoms with Crippen molar-refractivity contribution >= 4 is 5.91 Å². The fraction of sp³-hybridized carbons (Fsp3) is 0.500. The van der Waals surface area contributed by atoms with Gasteiger partial charge in [0.25, 0.3) is 0 Å². The van der Waals surface area contributed by atoms with Gasteiger partial charge < -0.3 is 11.1 Å². The van der Waals surface area contributed by atoms with Crippen molar-refractivity contribution in [3.05, 3.63) is 35.6 Å². The van der Waals surface area contributed by atoms with Crippen molar-refractivity contribution in [1.82, 2.24) is 5.32 Å². The summed E-state index contributed by atoms with van der Waals surface area (Å²) in [5.41, 5.74) is 6.12. The topological polar surface area (TPSA) is 55.1 Å². The summed E-state index contributed by atoms with van der Waals surface area (Å²) in [6.07, 6.45) is 3.84. The zero-order valence-electron chi connectivity index (χ0n) is 10.4. The van der Waals surface area contributed by atoms with Gasteiger partial charge in [-0.3, -0.25) is 4.79 Å². The van der Waals surface area contributed by atoms with E-state index in [0.29, 0.717) is 13.1 Å². The second-order valence-corrected chi connectivity index (χ2v) is 5.00. The van der Waals surface area contributed by atoms with E-state index in [1.54, 1.807) is 12.1 Å². The SMILES string of the molecule is NCC1(C(=O)NCc2cccc(F)c2)CCCC1. The molecule has 1 aromatic carbocycles. The van der Waals surface area contributed by atoms with Crippen molar-refractivity contribution in [2.24, 2.45) is 11.1 Å². The molecule has 1 fully saturated rings. The van der Waals surface area contributed by atoms with Crippen LogP contribution in [0.3, 0.4) is 0 Å². The van der Waals surface area contributed by atoms with Crippen molar-refractivity contribution in [2.45, 2.75) is 32.2 Å². The average molecular weight is 250 g/mol. The Kier molecular flexibility index (Phi) is 3.97. The predicted octanol–water partition coefficient (Wildman–Crippen LogP) is 1.96. The van der Waals surface area contributed by atoms with Crippen LogP contribution in [0.15, 0.2) is 24.3 Å². The largest absolute Gasteiger partial charge is 0.352 e. The third-order valence-electron chi connectivity index (χ3n) is 3.78. The van der Waals surface area contributed by atoms with Crippen LogP contribution in [0.4, 0.5) is 4.39 Å². The number of halogens is 1. The summed E-state index contributed by atoms with van der Waals surface area (Å²) in [5.74, 6) is -0.275. The van der Waals surface area contributed by atoms with E-state index in [-0.39, 0.29) is 11.7 Å². The molecule has 0 heterocycles. The van der Waals surface area contributed by atoms with Crippen molar-refractivity contribution < 1.29 is 9.18 Å². The Labute approximate surface area is 107 Å². The first-order valence-electron chi connectivity index (χ1n) is 6.39. The molecule has 0 saturated heterocycles. The molecule has 3 nitrogen and oxygen atoms in total. The number of carbonyl (C=O) groups excluding carboxylic acids is 1. The Hall–Kier alpha value is -1.42. The molecule has 0 radical (unpaired) electrons. The Morgan fingerprint density at radius 3 is 2.72 bits per heavy atom. The van der Waals surface area contributed by atoms with Crippen LogP contribution < -0.4 is 11.1 Å². The van der Waals surface area contributed by atoms with E-state index >= 15 is 0 Å². The normalized spacial score (nSPS) is 17.7. The molecule has 0 atom stereocenters. The number of nitrogens with one attached hydrogen (secondary N) is 1. The van der Waals surface area contributed by atoms with E-state index in [9.17, 15) is 9.18 Å². The number of nitrogens with two attached hydrogens (primary N) is 1. The highest BCUT2D eigenvalue weighted by atomic mass is 19.1. The van der Waals surface area contributed by atoms with Crippen LogP contribution in [0.1, 0.15) is 31.2 Å². The highest BCUT2D eigenvalue weighted by Crippen LogP contribution is 2.37. The molecular weight excluding hydrogens is 231 g/mol. The minimum atomic E-state index is -0.396. The maximum Gasteiger partial charge on any atom is 0.227 e. The maximum absolute atomic E-state index is 13.0. The second kappa shape index (κ2) is 5.48. The molecule has 1 amide bonds. The van der Waals surface area contributed by atoms with Crippen molar-refractivity contribution in [3.8, 4) is 0 Å². The summed E-state index contributed by atoms with van der Waals surface area (Å²) in [5, 5.41) is 2.87. The van der Waals surface area contributed by atoms with Gasteiger partial charge in [-0.25, -0.2) is 4.39 Å². The minimum Gasteiger partial charge on any atom is -0.352 e. The van der Waals surface area contributed by atoms with E-state index < -0.39 is 5.41 Å².